The van der Waals surface area contributed by atoms with Gasteiger partial charge in [0.05, 0.1) is 4.34 Å². The summed E-state index contributed by atoms with van der Waals surface area (Å²) >= 11 is 6.91. The van der Waals surface area contributed by atoms with Gasteiger partial charge in [0.2, 0.25) is 5.91 Å². The van der Waals surface area contributed by atoms with Crippen molar-refractivity contribution in [2.75, 3.05) is 26.2 Å². The van der Waals surface area contributed by atoms with Crippen molar-refractivity contribution < 1.29 is 13.2 Å². The lowest BCUT2D eigenvalue weighted by Crippen LogP contribution is -2.50. The number of rotatable bonds is 5. The summed E-state index contributed by atoms with van der Waals surface area (Å²) in [6.07, 6.45) is 0.428. The summed E-state index contributed by atoms with van der Waals surface area (Å²) in [4.78, 5) is 14.3. The van der Waals surface area contributed by atoms with Crippen LogP contribution in [0.4, 0.5) is 0 Å². The van der Waals surface area contributed by atoms with Gasteiger partial charge in [-0.3, -0.25) is 4.79 Å². The third-order valence-electron chi connectivity index (χ3n) is 4.58. The Balaban J connectivity index is 1.57. The molecule has 1 amide bonds. The number of nitrogens with zero attached hydrogens (tertiary/aromatic N) is 2. The van der Waals surface area contributed by atoms with Gasteiger partial charge in [0.15, 0.2) is 0 Å². The molecule has 1 fully saturated rings. The molecule has 0 saturated carbocycles. The van der Waals surface area contributed by atoms with Crippen molar-refractivity contribution >= 4 is 38.9 Å². The predicted molar refractivity (Wildman–Crippen MR) is 104 cm³/mol. The number of sulfonamides is 1. The Hall–Kier alpha value is -1.41. The first-order valence-electron chi connectivity index (χ1n) is 8.46. The fourth-order valence-electron chi connectivity index (χ4n) is 3.03. The molecule has 8 heteroatoms. The van der Waals surface area contributed by atoms with Crippen LogP contribution in [-0.4, -0.2) is 49.7 Å². The van der Waals surface area contributed by atoms with Crippen molar-refractivity contribution in [2.24, 2.45) is 0 Å². The minimum absolute atomic E-state index is 0.0672. The Morgan fingerprint density at radius 3 is 2.35 bits per heavy atom. The van der Waals surface area contributed by atoms with Gasteiger partial charge in [-0.25, -0.2) is 8.42 Å². The summed E-state index contributed by atoms with van der Waals surface area (Å²) in [7, 11) is -3.53. The van der Waals surface area contributed by atoms with Gasteiger partial charge in [-0.05, 0) is 23.6 Å². The van der Waals surface area contributed by atoms with Crippen molar-refractivity contribution in [1.82, 2.24) is 9.21 Å². The minimum atomic E-state index is -3.53. The van der Waals surface area contributed by atoms with Crippen molar-refractivity contribution in [2.45, 2.75) is 23.5 Å². The van der Waals surface area contributed by atoms with Gasteiger partial charge < -0.3 is 4.90 Å². The molecule has 2 heterocycles. The zero-order chi connectivity index (χ0) is 18.7. The first-order valence-corrected chi connectivity index (χ1v) is 11.1. The van der Waals surface area contributed by atoms with Crippen LogP contribution in [0.3, 0.4) is 0 Å². The molecule has 0 unspecified atom stereocenters. The van der Waals surface area contributed by atoms with Crippen LogP contribution in [0.5, 0.6) is 0 Å². The minimum Gasteiger partial charge on any atom is -0.340 e. The van der Waals surface area contributed by atoms with Crippen molar-refractivity contribution in [3.05, 3.63) is 52.4 Å². The highest BCUT2D eigenvalue weighted by Crippen LogP contribution is 2.29. The van der Waals surface area contributed by atoms with Gasteiger partial charge in [-0.2, -0.15) is 4.31 Å². The molecule has 0 bridgehead atoms. The number of amides is 1. The van der Waals surface area contributed by atoms with Crippen LogP contribution >= 0.6 is 22.9 Å². The van der Waals surface area contributed by atoms with E-state index in [0.717, 1.165) is 16.9 Å². The third kappa shape index (κ3) is 4.28. The fraction of sp³-hybridized carbons (Fsp3) is 0.389. The number of benzene rings is 1. The summed E-state index contributed by atoms with van der Waals surface area (Å²) < 4.78 is 27.4. The molecule has 1 atom stereocenters. The summed E-state index contributed by atoms with van der Waals surface area (Å²) in [5.74, 6) is 0.205. The molecular formula is C18H21ClN2O3S2. The van der Waals surface area contributed by atoms with Crippen molar-refractivity contribution in [3.63, 3.8) is 0 Å². The summed E-state index contributed by atoms with van der Waals surface area (Å²) in [5, 5.41) is 0. The topological polar surface area (TPSA) is 57.7 Å². The molecule has 1 aliphatic rings. The van der Waals surface area contributed by atoms with Gasteiger partial charge >= 0.3 is 0 Å². The molecule has 0 N–H and O–H groups in total. The summed E-state index contributed by atoms with van der Waals surface area (Å²) in [6, 6.07) is 13.1. The lowest BCUT2D eigenvalue weighted by molar-refractivity contribution is -0.132. The second-order valence-corrected chi connectivity index (χ2v) is 10.2. The second kappa shape index (κ2) is 8.08. The summed E-state index contributed by atoms with van der Waals surface area (Å²) in [5.41, 5.74) is 1.14. The normalized spacial score (nSPS) is 17.2. The van der Waals surface area contributed by atoms with Crippen LogP contribution in [0.15, 0.2) is 46.7 Å². The monoisotopic (exact) mass is 412 g/mol. The average molecular weight is 413 g/mol. The molecule has 3 rings (SSSR count). The Labute approximate surface area is 163 Å². The lowest BCUT2D eigenvalue weighted by atomic mass is 9.97. The molecule has 2 aromatic rings. The number of halogens is 1. The molecule has 140 valence electrons. The van der Waals surface area contributed by atoms with Crippen LogP contribution in [0.2, 0.25) is 4.34 Å². The van der Waals surface area contributed by atoms with E-state index in [1.807, 2.05) is 37.3 Å². The number of carbonyl (C=O) groups is 1. The number of hydrogen-bond acceptors (Lipinski definition) is 4. The number of piperazine rings is 1. The molecule has 1 saturated heterocycles. The Morgan fingerprint density at radius 1 is 1.12 bits per heavy atom. The van der Waals surface area contributed by atoms with Crippen molar-refractivity contribution in [1.29, 1.82) is 0 Å². The van der Waals surface area contributed by atoms with Crippen LogP contribution in [-0.2, 0) is 14.8 Å². The maximum atomic E-state index is 12.6. The quantitative estimate of drug-likeness (QED) is 0.755. The van der Waals surface area contributed by atoms with E-state index < -0.39 is 10.0 Å². The van der Waals surface area contributed by atoms with Gasteiger partial charge in [0.1, 0.15) is 4.21 Å². The van der Waals surface area contributed by atoms with Crippen molar-refractivity contribution in [3.8, 4) is 0 Å². The highest BCUT2D eigenvalue weighted by Gasteiger charge is 2.31. The lowest BCUT2D eigenvalue weighted by Gasteiger charge is -2.34. The first kappa shape index (κ1) is 19.4. The molecule has 1 aromatic carbocycles. The number of thiophene rings is 1. The molecule has 1 aromatic heterocycles. The van der Waals surface area contributed by atoms with E-state index in [1.54, 1.807) is 11.0 Å². The zero-order valence-corrected chi connectivity index (χ0v) is 16.9. The Kier molecular flexibility index (Phi) is 6.02. The van der Waals surface area contributed by atoms with E-state index in [9.17, 15) is 13.2 Å². The zero-order valence-electron chi connectivity index (χ0n) is 14.5. The van der Waals surface area contributed by atoms with Gasteiger partial charge in [0.25, 0.3) is 10.0 Å². The molecule has 0 aliphatic carbocycles. The van der Waals surface area contributed by atoms with Crippen LogP contribution in [0.25, 0.3) is 0 Å². The first-order chi connectivity index (χ1) is 12.4. The van der Waals surface area contributed by atoms with E-state index in [2.05, 4.69) is 0 Å². The van der Waals surface area contributed by atoms with E-state index in [-0.39, 0.29) is 16.0 Å². The molecule has 1 aliphatic heterocycles. The van der Waals surface area contributed by atoms with Crippen LogP contribution in [0.1, 0.15) is 24.8 Å². The second-order valence-electron chi connectivity index (χ2n) is 6.36. The highest BCUT2D eigenvalue weighted by atomic mass is 35.5. The summed E-state index contributed by atoms with van der Waals surface area (Å²) in [6.45, 7) is 3.48. The largest absolute Gasteiger partial charge is 0.340 e. The van der Waals surface area contributed by atoms with E-state index in [4.69, 9.17) is 11.6 Å². The Bertz CT molecular complexity index is 860. The number of carbonyl (C=O) groups excluding carboxylic acids is 1. The highest BCUT2D eigenvalue weighted by molar-refractivity contribution is 7.91. The molecular weight excluding hydrogens is 392 g/mol. The van der Waals surface area contributed by atoms with Gasteiger partial charge in [-0.15, -0.1) is 11.3 Å². The maximum Gasteiger partial charge on any atom is 0.252 e. The standard InChI is InChI=1S/C18H21ClN2O3S2/c1-14(15-5-3-2-4-6-15)13-17(22)20-9-11-21(12-10-20)26(23,24)18-8-7-16(19)25-18/h2-8,14H,9-13H2,1H3/t14-/m0/s1. The fourth-order valence-corrected chi connectivity index (χ4v) is 6.09. The van der Waals surface area contributed by atoms with Gasteiger partial charge in [0, 0.05) is 32.6 Å². The SMILES string of the molecule is C[C@@H](CC(=O)N1CCN(S(=O)(=O)c2ccc(Cl)s2)CC1)c1ccccc1. The van der Waals surface area contributed by atoms with E-state index in [0.29, 0.717) is 36.9 Å². The van der Waals surface area contributed by atoms with E-state index in [1.165, 1.54) is 10.4 Å². The molecule has 0 radical (unpaired) electrons. The molecule has 5 nitrogen and oxygen atoms in total. The predicted octanol–water partition coefficient (Wildman–Crippen LogP) is 3.43. The smallest absolute Gasteiger partial charge is 0.252 e. The third-order valence-corrected chi connectivity index (χ3v) is 8.18. The Morgan fingerprint density at radius 2 is 1.77 bits per heavy atom. The molecule has 0 spiro atoms. The van der Waals surface area contributed by atoms with Crippen LogP contribution in [0, 0.1) is 0 Å². The number of hydrogen-bond donors (Lipinski definition) is 0. The van der Waals surface area contributed by atoms with Gasteiger partial charge in [-0.1, -0.05) is 48.9 Å². The van der Waals surface area contributed by atoms with Crippen LogP contribution < -0.4 is 0 Å². The maximum absolute atomic E-state index is 12.6. The molecule has 26 heavy (non-hydrogen) atoms. The average Bonchev–Trinajstić information content (AvgIpc) is 3.10. The van der Waals surface area contributed by atoms with E-state index >= 15 is 0 Å².